The number of benzene rings is 2. The molecule has 2 atom stereocenters. The van der Waals surface area contributed by atoms with Crippen molar-refractivity contribution in [1.82, 2.24) is 9.78 Å². The van der Waals surface area contributed by atoms with Crippen molar-refractivity contribution < 1.29 is 9.53 Å². The maximum atomic E-state index is 13.5. The Kier molecular flexibility index (Phi) is 4.87. The van der Waals surface area contributed by atoms with Crippen molar-refractivity contribution in [3.63, 3.8) is 0 Å². The lowest BCUT2D eigenvalue weighted by Crippen LogP contribution is -2.29. The van der Waals surface area contributed by atoms with Crippen LogP contribution in [-0.2, 0) is 9.53 Å². The molecule has 0 saturated heterocycles. The van der Waals surface area contributed by atoms with Gasteiger partial charge in [-0.05, 0) is 43.4 Å². The topological polar surface area (TPSA) is 56.2 Å². The minimum Gasteiger partial charge on any atom is -0.454 e. The number of hydrogen-bond acceptors (Lipinski definition) is 5. The fourth-order valence-corrected chi connectivity index (χ4v) is 5.49. The zero-order valence-electron chi connectivity index (χ0n) is 17.6. The molecule has 3 heterocycles. The molecule has 156 valence electrons. The molecule has 5 nitrogen and oxygen atoms in total. The minimum atomic E-state index is -0.350. The number of carbonyl (C=O) groups is 1. The molecule has 0 bridgehead atoms. The van der Waals surface area contributed by atoms with Crippen LogP contribution in [0.3, 0.4) is 0 Å². The summed E-state index contributed by atoms with van der Waals surface area (Å²) in [5, 5.41) is 9.08. The second-order valence-electron chi connectivity index (χ2n) is 7.77. The highest BCUT2D eigenvalue weighted by atomic mass is 32.1. The number of aryl methyl sites for hydroxylation is 1. The maximum absolute atomic E-state index is 13.5. The molecule has 6 heteroatoms. The Morgan fingerprint density at radius 1 is 1.10 bits per heavy atom. The van der Waals surface area contributed by atoms with E-state index in [0.29, 0.717) is 5.57 Å². The van der Waals surface area contributed by atoms with Crippen LogP contribution in [-0.4, -0.2) is 15.7 Å². The van der Waals surface area contributed by atoms with E-state index in [2.05, 4.69) is 29.5 Å². The summed E-state index contributed by atoms with van der Waals surface area (Å²) in [7, 11) is 0. The largest absolute Gasteiger partial charge is 0.454 e. The van der Waals surface area contributed by atoms with Gasteiger partial charge in [-0.15, -0.1) is 11.3 Å². The van der Waals surface area contributed by atoms with Crippen LogP contribution in [0.1, 0.15) is 42.0 Å². The van der Waals surface area contributed by atoms with Crippen LogP contribution >= 0.6 is 11.3 Å². The molecular weight excluding hydrogens is 406 g/mol. The van der Waals surface area contributed by atoms with Crippen LogP contribution in [0.4, 0.5) is 5.82 Å². The fourth-order valence-electron chi connectivity index (χ4n) is 4.18. The van der Waals surface area contributed by atoms with Gasteiger partial charge in [-0.25, -0.2) is 9.48 Å². The number of nitrogens with one attached hydrogen (secondary N) is 1. The standard InChI is InChI=1S/C25H23N3O2S/c1-15-19-11-7-8-12-20(19)31-24(15)23-22(16(2)27-21-13-14-26-28(21)23)25(29)30-17(3)18-9-5-4-6-10-18/h4-14,17,23,27H,1-3H3/t17-,23?/m0/s1. The molecule has 1 aliphatic rings. The van der Waals surface area contributed by atoms with Crippen molar-refractivity contribution >= 4 is 33.2 Å². The van der Waals surface area contributed by atoms with E-state index in [0.717, 1.165) is 22.0 Å². The molecule has 0 radical (unpaired) electrons. The second-order valence-corrected chi connectivity index (χ2v) is 8.86. The predicted octanol–water partition coefficient (Wildman–Crippen LogP) is 6.00. The molecule has 0 amide bonds. The summed E-state index contributed by atoms with van der Waals surface area (Å²) in [5.74, 6) is 0.538. The van der Waals surface area contributed by atoms with Gasteiger partial charge in [-0.3, -0.25) is 0 Å². The zero-order chi connectivity index (χ0) is 21.5. The Labute approximate surface area is 185 Å². The van der Waals surface area contributed by atoms with Crippen molar-refractivity contribution in [1.29, 1.82) is 0 Å². The first-order valence-electron chi connectivity index (χ1n) is 10.3. The number of aromatic nitrogens is 2. The Balaban J connectivity index is 1.59. The van der Waals surface area contributed by atoms with Gasteiger partial charge in [0.25, 0.3) is 0 Å². The average Bonchev–Trinajstić information content (AvgIpc) is 3.37. The van der Waals surface area contributed by atoms with E-state index in [1.54, 1.807) is 17.5 Å². The number of anilines is 1. The number of allylic oxidation sites excluding steroid dienone is 1. The highest BCUT2D eigenvalue weighted by Gasteiger charge is 2.36. The molecule has 1 aliphatic heterocycles. The number of esters is 1. The fraction of sp³-hybridized carbons (Fsp3) is 0.200. The first-order valence-corrected chi connectivity index (χ1v) is 11.1. The zero-order valence-corrected chi connectivity index (χ0v) is 18.4. The van der Waals surface area contributed by atoms with Crippen LogP contribution in [0, 0.1) is 6.92 Å². The predicted molar refractivity (Wildman–Crippen MR) is 124 cm³/mol. The number of hydrogen-bond donors (Lipinski definition) is 1. The molecule has 2 aromatic heterocycles. The van der Waals surface area contributed by atoms with E-state index in [4.69, 9.17) is 4.74 Å². The number of rotatable bonds is 4. The Morgan fingerprint density at radius 2 is 1.84 bits per heavy atom. The van der Waals surface area contributed by atoms with Gasteiger partial charge in [0.1, 0.15) is 18.0 Å². The summed E-state index contributed by atoms with van der Waals surface area (Å²) in [5.41, 5.74) is 3.52. The maximum Gasteiger partial charge on any atom is 0.338 e. The summed E-state index contributed by atoms with van der Waals surface area (Å²) >= 11 is 1.71. The molecular formula is C25H23N3O2S. The van der Waals surface area contributed by atoms with Gasteiger partial charge >= 0.3 is 5.97 Å². The summed E-state index contributed by atoms with van der Waals surface area (Å²) in [6.45, 7) is 5.94. The first kappa shape index (κ1) is 19.6. The molecule has 1 unspecified atom stereocenters. The van der Waals surface area contributed by atoms with E-state index < -0.39 is 0 Å². The van der Waals surface area contributed by atoms with E-state index in [1.807, 2.05) is 67.1 Å². The van der Waals surface area contributed by atoms with Crippen LogP contribution in [0.15, 0.2) is 78.1 Å². The number of nitrogens with zero attached hydrogens (tertiary/aromatic N) is 2. The monoisotopic (exact) mass is 429 g/mol. The lowest BCUT2D eigenvalue weighted by molar-refractivity contribution is -0.144. The highest BCUT2D eigenvalue weighted by molar-refractivity contribution is 7.19. The lowest BCUT2D eigenvalue weighted by Gasteiger charge is -2.29. The normalized spacial score (nSPS) is 16.7. The van der Waals surface area contributed by atoms with Gasteiger partial charge in [-0.2, -0.15) is 5.10 Å². The number of ether oxygens (including phenoxy) is 1. The van der Waals surface area contributed by atoms with Crippen molar-refractivity contribution in [2.45, 2.75) is 32.9 Å². The van der Waals surface area contributed by atoms with Gasteiger partial charge in [0.15, 0.2) is 0 Å². The smallest absolute Gasteiger partial charge is 0.338 e. The van der Waals surface area contributed by atoms with Crippen LogP contribution in [0.5, 0.6) is 0 Å². The molecule has 0 saturated carbocycles. The molecule has 0 fully saturated rings. The summed E-state index contributed by atoms with van der Waals surface area (Å²) in [4.78, 5) is 14.6. The molecule has 2 aromatic carbocycles. The SMILES string of the molecule is CC1=C(C(=O)O[C@@H](C)c2ccccc2)C(c2sc3ccccc3c2C)n2nccc2N1. The quantitative estimate of drug-likeness (QED) is 0.404. The Morgan fingerprint density at radius 3 is 2.61 bits per heavy atom. The van der Waals surface area contributed by atoms with Crippen LogP contribution in [0.2, 0.25) is 0 Å². The van der Waals surface area contributed by atoms with Crippen molar-refractivity contribution in [2.75, 3.05) is 5.32 Å². The van der Waals surface area contributed by atoms with Crippen LogP contribution < -0.4 is 5.32 Å². The van der Waals surface area contributed by atoms with Gasteiger partial charge in [0.05, 0.1) is 11.8 Å². The summed E-state index contributed by atoms with van der Waals surface area (Å²) in [6, 6.07) is 19.7. The molecule has 0 aliphatic carbocycles. The minimum absolute atomic E-state index is 0.329. The average molecular weight is 430 g/mol. The first-order chi connectivity index (χ1) is 15.0. The second kappa shape index (κ2) is 7.71. The van der Waals surface area contributed by atoms with Gasteiger partial charge < -0.3 is 10.1 Å². The van der Waals surface area contributed by atoms with Crippen molar-refractivity contribution in [3.8, 4) is 0 Å². The third-order valence-corrected chi connectivity index (χ3v) is 7.13. The van der Waals surface area contributed by atoms with E-state index in [-0.39, 0.29) is 18.1 Å². The molecule has 31 heavy (non-hydrogen) atoms. The third-order valence-electron chi connectivity index (χ3n) is 5.81. The van der Waals surface area contributed by atoms with E-state index in [9.17, 15) is 4.79 Å². The summed E-state index contributed by atoms with van der Waals surface area (Å²) in [6.07, 6.45) is 1.41. The molecule has 1 N–H and O–H groups in total. The van der Waals surface area contributed by atoms with Crippen molar-refractivity contribution in [3.05, 3.63) is 94.1 Å². The molecule has 5 rings (SSSR count). The van der Waals surface area contributed by atoms with Crippen LogP contribution in [0.25, 0.3) is 10.1 Å². The third kappa shape index (κ3) is 3.33. The van der Waals surface area contributed by atoms with E-state index in [1.165, 1.54) is 15.6 Å². The number of thiophene rings is 1. The van der Waals surface area contributed by atoms with Gasteiger partial charge in [0.2, 0.25) is 0 Å². The highest BCUT2D eigenvalue weighted by Crippen LogP contribution is 2.43. The molecule has 4 aromatic rings. The molecule has 0 spiro atoms. The lowest BCUT2D eigenvalue weighted by atomic mass is 9.98. The summed E-state index contributed by atoms with van der Waals surface area (Å²) < 4.78 is 9.01. The van der Waals surface area contributed by atoms with E-state index >= 15 is 0 Å². The van der Waals surface area contributed by atoms with Gasteiger partial charge in [-0.1, -0.05) is 48.5 Å². The number of fused-ring (bicyclic) bond motifs is 2. The van der Waals surface area contributed by atoms with Gasteiger partial charge in [0, 0.05) is 21.3 Å². The van der Waals surface area contributed by atoms with Crippen molar-refractivity contribution in [2.24, 2.45) is 0 Å². The Bertz CT molecular complexity index is 1300. The number of carbonyl (C=O) groups excluding carboxylic acids is 1. The Hall–Kier alpha value is -3.38.